The first-order valence-electron chi connectivity index (χ1n) is 18.8. The number of nitrogens with one attached hydrogen (secondary N) is 2. The van der Waals surface area contributed by atoms with Gasteiger partial charge >= 0.3 is 6.09 Å². The van der Waals surface area contributed by atoms with Crippen LogP contribution in [0.1, 0.15) is 62.2 Å². The Kier molecular flexibility index (Phi) is 12.6. The van der Waals surface area contributed by atoms with Crippen LogP contribution < -0.4 is 15.4 Å². The zero-order valence-corrected chi connectivity index (χ0v) is 31.2. The number of Topliss-reactive ketones (excluding diaryl/α,β-unsaturated/α-hetero) is 1. The Morgan fingerprint density at radius 1 is 1.04 bits per heavy atom. The monoisotopic (exact) mass is 738 g/mol. The molecular formula is C41H50N6O7. The van der Waals surface area contributed by atoms with Gasteiger partial charge in [0.15, 0.2) is 11.5 Å². The Morgan fingerprint density at radius 3 is 2.59 bits per heavy atom. The molecule has 6 rings (SSSR count). The molecule has 3 N–H and O–H groups in total. The van der Waals surface area contributed by atoms with Crippen LogP contribution in [0.5, 0.6) is 5.75 Å². The lowest BCUT2D eigenvalue weighted by Gasteiger charge is -2.38. The van der Waals surface area contributed by atoms with Crippen molar-refractivity contribution < 1.29 is 33.4 Å². The van der Waals surface area contributed by atoms with Gasteiger partial charge in [0.1, 0.15) is 24.0 Å². The van der Waals surface area contributed by atoms with Gasteiger partial charge in [0, 0.05) is 49.9 Å². The van der Waals surface area contributed by atoms with E-state index in [0.29, 0.717) is 75.4 Å². The van der Waals surface area contributed by atoms with E-state index in [0.717, 1.165) is 23.2 Å². The van der Waals surface area contributed by atoms with Crippen LogP contribution in [0.4, 0.5) is 4.79 Å². The lowest BCUT2D eigenvalue weighted by Crippen LogP contribution is -2.55. The number of carbonyl (C=O) groups excluding carboxylic acids is 3. The third-order valence-corrected chi connectivity index (χ3v) is 10.2. The standard InChI is InChI=1S/C41H50N6O7/c1-27(2)22-34(44-39(49)38-25-31-24-32(12-13-37(31)54-38)53-21-20-45-16-18-46(19-17-45)41(51)52)40(50)47(35-11-7-14-42-26-36(35)48)28(3)29-8-6-9-30(23-29)33-10-4-5-15-43-33/h4-6,8-10,12-13,15,23-25,27-28,34-35,42H,7,11,14,16-22,26H2,1-3H3,(H,44,49)(H,51,52)/t28?,34-,35?/m0/s1. The number of pyridine rings is 1. The number of fused-ring (bicyclic) bond motifs is 1. The predicted octanol–water partition coefficient (Wildman–Crippen LogP) is 5.22. The van der Waals surface area contributed by atoms with Crippen molar-refractivity contribution in [1.29, 1.82) is 0 Å². The van der Waals surface area contributed by atoms with E-state index in [2.05, 4.69) is 20.5 Å². The van der Waals surface area contributed by atoms with Crippen molar-refractivity contribution in [2.75, 3.05) is 52.4 Å². The number of hydrogen-bond acceptors (Lipinski definition) is 9. The summed E-state index contributed by atoms with van der Waals surface area (Å²) in [4.78, 5) is 63.2. The summed E-state index contributed by atoms with van der Waals surface area (Å²) >= 11 is 0. The second-order valence-electron chi connectivity index (χ2n) is 14.5. The summed E-state index contributed by atoms with van der Waals surface area (Å²) in [6.07, 6.45) is 2.46. The molecule has 2 aliphatic rings. The molecule has 2 aromatic heterocycles. The van der Waals surface area contributed by atoms with E-state index in [1.54, 1.807) is 29.3 Å². The van der Waals surface area contributed by atoms with Crippen molar-refractivity contribution in [3.8, 4) is 17.0 Å². The molecule has 13 nitrogen and oxygen atoms in total. The second kappa shape index (κ2) is 17.7. The quantitative estimate of drug-likeness (QED) is 0.166. The van der Waals surface area contributed by atoms with E-state index in [1.165, 1.54) is 4.90 Å². The van der Waals surface area contributed by atoms with Crippen LogP contribution in [-0.4, -0.2) is 113 Å². The molecule has 0 radical (unpaired) electrons. The third-order valence-electron chi connectivity index (χ3n) is 10.2. The highest BCUT2D eigenvalue weighted by Gasteiger charge is 2.38. The van der Waals surface area contributed by atoms with Gasteiger partial charge in [0.2, 0.25) is 5.91 Å². The van der Waals surface area contributed by atoms with Gasteiger partial charge in [0.25, 0.3) is 5.91 Å². The van der Waals surface area contributed by atoms with Crippen molar-refractivity contribution in [1.82, 2.24) is 30.3 Å². The first-order chi connectivity index (χ1) is 26.1. The lowest BCUT2D eigenvalue weighted by atomic mass is 9.95. The average Bonchev–Trinajstić information content (AvgIpc) is 3.50. The van der Waals surface area contributed by atoms with E-state index >= 15 is 0 Å². The molecule has 2 unspecified atom stereocenters. The number of aromatic nitrogens is 1. The number of rotatable bonds is 13. The largest absolute Gasteiger partial charge is 0.492 e. The van der Waals surface area contributed by atoms with Gasteiger partial charge in [-0.2, -0.15) is 0 Å². The number of hydrogen-bond donors (Lipinski definition) is 3. The summed E-state index contributed by atoms with van der Waals surface area (Å²) < 4.78 is 12.0. The van der Waals surface area contributed by atoms with E-state index in [9.17, 15) is 24.3 Å². The number of furan rings is 1. The fraction of sp³-hybridized carbons (Fsp3) is 0.439. The number of piperazine rings is 1. The minimum atomic E-state index is -0.910. The van der Waals surface area contributed by atoms with E-state index in [1.807, 2.05) is 69.3 Å². The minimum absolute atomic E-state index is 0.0562. The molecule has 2 fully saturated rings. The molecule has 0 spiro atoms. The molecule has 3 amide bonds. The van der Waals surface area contributed by atoms with Crippen LogP contribution in [0.3, 0.4) is 0 Å². The molecule has 0 saturated carbocycles. The summed E-state index contributed by atoms with van der Waals surface area (Å²) in [7, 11) is 0. The van der Waals surface area contributed by atoms with Gasteiger partial charge < -0.3 is 34.7 Å². The predicted molar refractivity (Wildman–Crippen MR) is 204 cm³/mol. The number of benzene rings is 2. The van der Waals surface area contributed by atoms with Crippen LogP contribution in [0, 0.1) is 5.92 Å². The van der Waals surface area contributed by atoms with Crippen LogP contribution in [0.25, 0.3) is 22.2 Å². The fourth-order valence-electron chi connectivity index (χ4n) is 7.25. The maximum Gasteiger partial charge on any atom is 0.407 e. The smallest absolute Gasteiger partial charge is 0.407 e. The van der Waals surface area contributed by atoms with Crippen LogP contribution in [0.15, 0.2) is 77.3 Å². The number of carboxylic acid groups (broad SMARTS) is 1. The number of nitrogens with zero attached hydrogens (tertiary/aromatic N) is 4. The normalized spacial score (nSPS) is 17.9. The van der Waals surface area contributed by atoms with Crippen molar-refractivity contribution in [2.24, 2.45) is 5.92 Å². The van der Waals surface area contributed by atoms with Crippen LogP contribution in [0.2, 0.25) is 0 Å². The molecular weight excluding hydrogens is 688 g/mol. The first kappa shape index (κ1) is 38.5. The molecule has 2 aliphatic heterocycles. The van der Waals surface area contributed by atoms with Crippen molar-refractivity contribution in [2.45, 2.75) is 58.2 Å². The van der Waals surface area contributed by atoms with Crippen molar-refractivity contribution in [3.05, 3.63) is 84.3 Å². The number of ether oxygens (including phenoxy) is 1. The molecule has 286 valence electrons. The highest BCUT2D eigenvalue weighted by molar-refractivity contribution is 6.00. The summed E-state index contributed by atoms with van der Waals surface area (Å²) in [6, 6.07) is 18.5. The van der Waals surface area contributed by atoms with Crippen LogP contribution in [-0.2, 0) is 9.59 Å². The zero-order chi connectivity index (χ0) is 38.2. The average molecular weight is 739 g/mol. The zero-order valence-electron chi connectivity index (χ0n) is 31.2. The Morgan fingerprint density at radius 2 is 1.85 bits per heavy atom. The maximum absolute atomic E-state index is 14.8. The molecule has 4 aromatic rings. The van der Waals surface area contributed by atoms with Gasteiger partial charge in [-0.3, -0.25) is 24.3 Å². The Balaban J connectivity index is 1.19. The van der Waals surface area contributed by atoms with Gasteiger partial charge in [-0.1, -0.05) is 38.1 Å². The van der Waals surface area contributed by atoms with Gasteiger partial charge in [-0.05, 0) is 86.7 Å². The molecule has 3 atom stereocenters. The molecule has 4 heterocycles. The van der Waals surface area contributed by atoms with Crippen LogP contribution >= 0.6 is 0 Å². The fourth-order valence-corrected chi connectivity index (χ4v) is 7.25. The van der Waals surface area contributed by atoms with Gasteiger partial charge in [-0.15, -0.1) is 0 Å². The molecule has 0 aliphatic carbocycles. The van der Waals surface area contributed by atoms with E-state index in [-0.39, 0.29) is 29.9 Å². The SMILES string of the molecule is CC(C)C[C@H](NC(=O)c1cc2cc(OCCN3CCN(C(=O)O)CC3)ccc2o1)C(=O)N(C1CCCNCC1=O)C(C)c1cccc(-c2ccccn2)c1. The van der Waals surface area contributed by atoms with Crippen molar-refractivity contribution in [3.63, 3.8) is 0 Å². The minimum Gasteiger partial charge on any atom is -0.492 e. The second-order valence-corrected chi connectivity index (χ2v) is 14.5. The topological polar surface area (TPSA) is 158 Å². The highest BCUT2D eigenvalue weighted by Crippen LogP contribution is 2.31. The van der Waals surface area contributed by atoms with E-state index in [4.69, 9.17) is 9.15 Å². The maximum atomic E-state index is 14.8. The Hall–Kier alpha value is -5.27. The number of carbonyl (C=O) groups is 4. The van der Waals surface area contributed by atoms with Gasteiger partial charge in [-0.25, -0.2) is 4.79 Å². The molecule has 54 heavy (non-hydrogen) atoms. The lowest BCUT2D eigenvalue weighted by molar-refractivity contribution is -0.144. The summed E-state index contributed by atoms with van der Waals surface area (Å²) in [5, 5.41) is 16.0. The molecule has 2 saturated heterocycles. The highest BCUT2D eigenvalue weighted by atomic mass is 16.5. The third kappa shape index (κ3) is 9.44. The Labute approximate surface area is 315 Å². The van der Waals surface area contributed by atoms with Crippen molar-refractivity contribution >= 4 is 34.7 Å². The summed E-state index contributed by atoms with van der Waals surface area (Å²) in [6.45, 7) is 10.1. The molecule has 2 aromatic carbocycles. The van der Waals surface area contributed by atoms with E-state index < -0.39 is 30.1 Å². The summed E-state index contributed by atoms with van der Waals surface area (Å²) in [5.74, 6) is -0.147. The first-order valence-corrected chi connectivity index (χ1v) is 18.8. The molecule has 13 heteroatoms. The molecule has 0 bridgehead atoms. The Bertz CT molecular complexity index is 1920. The number of ketones is 1. The summed E-state index contributed by atoms with van der Waals surface area (Å²) in [5.41, 5.74) is 3.08. The number of amides is 3. The van der Waals surface area contributed by atoms with Gasteiger partial charge in [0.05, 0.1) is 24.3 Å².